The Balaban J connectivity index is 3.26. The second-order valence-electron chi connectivity index (χ2n) is 3.00. The van der Waals surface area contributed by atoms with Crippen molar-refractivity contribution in [1.29, 1.82) is 0 Å². The Kier molecular flexibility index (Phi) is 4.87. The second-order valence-corrected chi connectivity index (χ2v) is 3.76. The molecule has 0 aliphatic heterocycles. The molecule has 0 aliphatic rings. The summed E-state index contributed by atoms with van der Waals surface area (Å²) in [5, 5.41) is 12.3. The molecule has 0 fully saturated rings. The maximum Gasteiger partial charge on any atom is 0.348 e. The van der Waals surface area contributed by atoms with Crippen LogP contribution in [0.5, 0.6) is 0 Å². The number of rotatable bonds is 4. The molecule has 17 heavy (non-hydrogen) atoms. The smallest absolute Gasteiger partial charge is 0.348 e. The van der Waals surface area contributed by atoms with Crippen molar-refractivity contribution in [1.82, 2.24) is 14.3 Å². The summed E-state index contributed by atoms with van der Waals surface area (Å²) in [6.07, 6.45) is 8.11. The first-order valence-corrected chi connectivity index (χ1v) is 5.48. The highest BCUT2D eigenvalue weighted by Gasteiger charge is 2.09. The highest BCUT2D eigenvalue weighted by atomic mass is 79.9. The zero-order valence-electron chi connectivity index (χ0n) is 8.84. The van der Waals surface area contributed by atoms with Crippen LogP contribution in [0.1, 0.15) is 0 Å². The number of hydrogen-bond donors (Lipinski definition) is 1. The van der Waals surface area contributed by atoms with E-state index in [0.717, 1.165) is 9.25 Å². The van der Waals surface area contributed by atoms with Crippen LogP contribution in [-0.2, 0) is 13.1 Å². The van der Waals surface area contributed by atoms with Gasteiger partial charge in [-0.05, 0) is 15.9 Å². The Labute approximate surface area is 105 Å². The molecule has 1 aromatic heterocycles. The first-order valence-electron chi connectivity index (χ1n) is 4.68. The lowest BCUT2D eigenvalue weighted by Crippen LogP contribution is -2.41. The maximum absolute atomic E-state index is 11.8. The predicted octanol–water partition coefficient (Wildman–Crippen LogP) is -0.651. The summed E-state index contributed by atoms with van der Waals surface area (Å²) < 4.78 is 2.00. The normalized spacial score (nSPS) is 10.6. The summed E-state index contributed by atoms with van der Waals surface area (Å²) in [6.45, 7) is -0.0781. The molecule has 0 amide bonds. The minimum atomic E-state index is -0.585. The number of halogens is 1. The standard InChI is InChI=1S/C10H10BrN3O3/c1-2-5-13-9(16)8(11)12-14(10(13)17)6-3-4-7-15/h1,3-4,15H,5-7H2/b4-3+. The Morgan fingerprint density at radius 2 is 2.18 bits per heavy atom. The van der Waals surface area contributed by atoms with Gasteiger partial charge in [-0.25, -0.2) is 14.0 Å². The van der Waals surface area contributed by atoms with Crippen molar-refractivity contribution in [2.24, 2.45) is 0 Å². The number of allylic oxidation sites excluding steroid dienone is 1. The number of nitrogens with zero attached hydrogens (tertiary/aromatic N) is 3. The molecule has 0 atom stereocenters. The zero-order chi connectivity index (χ0) is 12.8. The van der Waals surface area contributed by atoms with Gasteiger partial charge in [0.15, 0.2) is 4.60 Å². The van der Waals surface area contributed by atoms with Crippen LogP contribution < -0.4 is 11.2 Å². The van der Waals surface area contributed by atoms with Crippen molar-refractivity contribution < 1.29 is 5.11 Å². The lowest BCUT2D eigenvalue weighted by Gasteiger charge is -2.05. The van der Waals surface area contributed by atoms with Gasteiger partial charge < -0.3 is 5.11 Å². The summed E-state index contributed by atoms with van der Waals surface area (Å²) in [5.41, 5.74) is -1.14. The fourth-order valence-corrected chi connectivity index (χ4v) is 1.53. The average Bonchev–Trinajstić information content (AvgIpc) is 2.31. The molecule has 6 nitrogen and oxygen atoms in total. The Hall–Kier alpha value is -1.65. The summed E-state index contributed by atoms with van der Waals surface area (Å²) >= 11 is 2.96. The second kappa shape index (κ2) is 6.18. The van der Waals surface area contributed by atoms with Gasteiger partial charge in [-0.15, -0.1) is 6.42 Å². The maximum atomic E-state index is 11.8. The molecular weight excluding hydrogens is 290 g/mol. The van der Waals surface area contributed by atoms with E-state index in [0.29, 0.717) is 0 Å². The molecule has 1 aromatic rings. The van der Waals surface area contributed by atoms with Gasteiger partial charge >= 0.3 is 5.69 Å². The number of aliphatic hydroxyl groups excluding tert-OH is 1. The third-order valence-corrected chi connectivity index (χ3v) is 2.38. The van der Waals surface area contributed by atoms with Gasteiger partial charge in [0.1, 0.15) is 0 Å². The van der Waals surface area contributed by atoms with Gasteiger partial charge in [-0.1, -0.05) is 18.1 Å². The SMILES string of the molecule is C#CCn1c(=O)c(Br)nn(C/C=C/CO)c1=O. The van der Waals surface area contributed by atoms with Gasteiger partial charge in [-0.2, -0.15) is 5.10 Å². The van der Waals surface area contributed by atoms with Crippen molar-refractivity contribution in [3.63, 3.8) is 0 Å². The van der Waals surface area contributed by atoms with E-state index < -0.39 is 11.2 Å². The van der Waals surface area contributed by atoms with Crippen LogP contribution in [0.4, 0.5) is 0 Å². The Bertz CT molecular complexity index is 580. The molecule has 0 aromatic carbocycles. The number of aromatic nitrogens is 3. The van der Waals surface area contributed by atoms with Crippen LogP contribution in [-0.4, -0.2) is 26.1 Å². The monoisotopic (exact) mass is 299 g/mol. The van der Waals surface area contributed by atoms with E-state index in [1.165, 1.54) is 6.08 Å². The van der Waals surface area contributed by atoms with Crippen molar-refractivity contribution in [3.05, 3.63) is 37.6 Å². The molecule has 1 N–H and O–H groups in total. The molecule has 7 heteroatoms. The lowest BCUT2D eigenvalue weighted by atomic mass is 10.5. The first-order chi connectivity index (χ1) is 8.11. The molecule has 0 unspecified atom stereocenters. The largest absolute Gasteiger partial charge is 0.392 e. The van der Waals surface area contributed by atoms with E-state index in [4.69, 9.17) is 11.5 Å². The molecule has 90 valence electrons. The van der Waals surface area contributed by atoms with E-state index in [1.54, 1.807) is 6.08 Å². The molecule has 0 spiro atoms. The molecular formula is C10H10BrN3O3. The predicted molar refractivity (Wildman–Crippen MR) is 65.5 cm³/mol. The summed E-state index contributed by atoms with van der Waals surface area (Å²) in [4.78, 5) is 23.3. The van der Waals surface area contributed by atoms with Crippen LogP contribution >= 0.6 is 15.9 Å². The molecule has 0 aliphatic carbocycles. The van der Waals surface area contributed by atoms with Gasteiger partial charge in [-0.3, -0.25) is 4.79 Å². The van der Waals surface area contributed by atoms with Crippen molar-refractivity contribution >= 4 is 15.9 Å². The average molecular weight is 300 g/mol. The lowest BCUT2D eigenvalue weighted by molar-refractivity contribution is 0.342. The van der Waals surface area contributed by atoms with E-state index in [2.05, 4.69) is 26.9 Å². The first kappa shape index (κ1) is 13.4. The summed E-state index contributed by atoms with van der Waals surface area (Å²) in [7, 11) is 0. The summed E-state index contributed by atoms with van der Waals surface area (Å²) in [6, 6.07) is 0. The minimum Gasteiger partial charge on any atom is -0.392 e. The number of terminal acetylenes is 1. The van der Waals surface area contributed by atoms with Crippen LogP contribution in [0.3, 0.4) is 0 Å². The number of aliphatic hydroxyl groups is 1. The number of hydrogen-bond acceptors (Lipinski definition) is 4. The van der Waals surface area contributed by atoms with Crippen LogP contribution in [0.15, 0.2) is 26.3 Å². The van der Waals surface area contributed by atoms with Crippen LogP contribution in [0.2, 0.25) is 0 Å². The molecule has 0 radical (unpaired) electrons. The van der Waals surface area contributed by atoms with Crippen LogP contribution in [0, 0.1) is 12.3 Å². The molecule has 1 rings (SSSR count). The zero-order valence-corrected chi connectivity index (χ0v) is 10.4. The molecule has 0 saturated heterocycles. The quantitative estimate of drug-likeness (QED) is 0.592. The minimum absolute atomic E-state index is 0.0183. The summed E-state index contributed by atoms with van der Waals surface area (Å²) in [5.74, 6) is 2.23. The van der Waals surface area contributed by atoms with Gasteiger partial charge in [0.05, 0.1) is 19.7 Å². The van der Waals surface area contributed by atoms with Gasteiger partial charge in [0.2, 0.25) is 0 Å². The fraction of sp³-hybridized carbons (Fsp3) is 0.300. The molecule has 1 heterocycles. The third-order valence-electron chi connectivity index (χ3n) is 1.88. The van der Waals surface area contributed by atoms with Crippen LogP contribution in [0.25, 0.3) is 0 Å². The van der Waals surface area contributed by atoms with E-state index in [9.17, 15) is 9.59 Å². The fourth-order valence-electron chi connectivity index (χ4n) is 1.13. The molecule has 0 bridgehead atoms. The van der Waals surface area contributed by atoms with Crippen molar-refractivity contribution in [3.8, 4) is 12.3 Å². The molecule has 0 saturated carbocycles. The van der Waals surface area contributed by atoms with Gasteiger partial charge in [0, 0.05) is 0 Å². The van der Waals surface area contributed by atoms with E-state index in [-0.39, 0.29) is 24.3 Å². The Morgan fingerprint density at radius 1 is 1.47 bits per heavy atom. The van der Waals surface area contributed by atoms with Crippen molar-refractivity contribution in [2.45, 2.75) is 13.1 Å². The highest BCUT2D eigenvalue weighted by molar-refractivity contribution is 9.10. The van der Waals surface area contributed by atoms with Gasteiger partial charge in [0.25, 0.3) is 5.56 Å². The van der Waals surface area contributed by atoms with E-state index in [1.807, 2.05) is 0 Å². The topological polar surface area (TPSA) is 77.1 Å². The Morgan fingerprint density at radius 3 is 2.76 bits per heavy atom. The van der Waals surface area contributed by atoms with E-state index >= 15 is 0 Å². The highest BCUT2D eigenvalue weighted by Crippen LogP contribution is 1.94. The van der Waals surface area contributed by atoms with Crippen molar-refractivity contribution in [2.75, 3.05) is 6.61 Å². The third kappa shape index (κ3) is 3.15.